The zero-order chi connectivity index (χ0) is 19.3. The summed E-state index contributed by atoms with van der Waals surface area (Å²) in [4.78, 5) is 4.13. The minimum Gasteiger partial charge on any atom is -0.478 e. The van der Waals surface area contributed by atoms with Gasteiger partial charge in [0.15, 0.2) is 5.82 Å². The topological polar surface area (TPSA) is 105 Å². The van der Waals surface area contributed by atoms with Gasteiger partial charge in [0.05, 0.1) is 6.54 Å². The van der Waals surface area contributed by atoms with Gasteiger partial charge in [-0.05, 0) is 34.0 Å². The quantitative estimate of drug-likeness (QED) is 0.503. The van der Waals surface area contributed by atoms with E-state index >= 15 is 0 Å². The van der Waals surface area contributed by atoms with Crippen LogP contribution in [0.25, 0.3) is 22.5 Å². The van der Waals surface area contributed by atoms with E-state index in [0.29, 0.717) is 18.8 Å². The standard InChI is InChI=1S/C20H19N7O/c1-2-3-12-27-18(21-20(28)24-27)13-14-8-10-15(11-9-14)16-6-4-5-7-17(16)19-22-25-26-23-19/h2-11H,12-13H2,1H3,(H,24,28)(H,22,23,25,26)/b3-2+. The van der Waals surface area contributed by atoms with Gasteiger partial charge in [-0.2, -0.15) is 4.98 Å². The Kier molecular flexibility index (Phi) is 4.92. The number of tetrazole rings is 1. The van der Waals surface area contributed by atoms with E-state index in [1.165, 1.54) is 0 Å². The van der Waals surface area contributed by atoms with Crippen LogP contribution >= 0.6 is 0 Å². The van der Waals surface area contributed by atoms with Crippen molar-refractivity contribution in [1.29, 1.82) is 0 Å². The molecule has 140 valence electrons. The van der Waals surface area contributed by atoms with Crippen LogP contribution in [0.15, 0.2) is 60.7 Å². The van der Waals surface area contributed by atoms with Crippen molar-refractivity contribution in [1.82, 2.24) is 35.4 Å². The summed E-state index contributed by atoms with van der Waals surface area (Å²) in [6.45, 7) is 2.53. The number of benzene rings is 2. The number of nitrogens with one attached hydrogen (secondary N) is 1. The van der Waals surface area contributed by atoms with E-state index in [2.05, 4.69) is 55.0 Å². The van der Waals surface area contributed by atoms with Crippen LogP contribution in [-0.4, -0.2) is 40.5 Å². The third-order valence-electron chi connectivity index (χ3n) is 4.41. The summed E-state index contributed by atoms with van der Waals surface area (Å²) in [5.74, 6) is 1.35. The molecule has 0 bridgehead atoms. The second kappa shape index (κ2) is 7.83. The molecular weight excluding hydrogens is 354 g/mol. The first kappa shape index (κ1) is 17.6. The molecule has 0 spiro atoms. The third-order valence-corrected chi connectivity index (χ3v) is 4.41. The largest absolute Gasteiger partial charge is 0.478 e. The molecule has 0 radical (unpaired) electrons. The minimum absolute atomic E-state index is 0.203. The van der Waals surface area contributed by atoms with Gasteiger partial charge in [0.25, 0.3) is 0 Å². The Hall–Kier alpha value is -3.81. The highest BCUT2D eigenvalue weighted by Gasteiger charge is 2.12. The molecule has 2 aromatic heterocycles. The molecule has 4 rings (SSSR count). The Morgan fingerprint density at radius 1 is 1.07 bits per heavy atom. The van der Waals surface area contributed by atoms with E-state index in [0.717, 1.165) is 28.1 Å². The van der Waals surface area contributed by atoms with Crippen molar-refractivity contribution in [3.63, 3.8) is 0 Å². The van der Waals surface area contributed by atoms with Crippen LogP contribution in [0.3, 0.4) is 0 Å². The number of hydrogen-bond donors (Lipinski definition) is 2. The molecular formula is C20H19N7O. The molecule has 2 N–H and O–H groups in total. The monoisotopic (exact) mass is 373 g/mol. The summed E-state index contributed by atoms with van der Waals surface area (Å²) in [7, 11) is 0. The second-order valence-corrected chi connectivity index (χ2v) is 6.25. The number of aromatic nitrogens is 7. The molecule has 0 aliphatic rings. The summed E-state index contributed by atoms with van der Waals surface area (Å²) >= 11 is 0. The Balaban J connectivity index is 1.60. The van der Waals surface area contributed by atoms with Crippen molar-refractivity contribution in [3.05, 3.63) is 72.1 Å². The average Bonchev–Trinajstić information content (AvgIpc) is 3.37. The SMILES string of the molecule is C/C=C/Cn1nc(O)nc1Cc1ccc(-c2ccccc2-c2nnn[nH]2)cc1. The maximum absolute atomic E-state index is 9.64. The summed E-state index contributed by atoms with van der Waals surface area (Å²) in [6.07, 6.45) is 4.49. The maximum atomic E-state index is 9.64. The first-order valence-corrected chi connectivity index (χ1v) is 8.91. The lowest BCUT2D eigenvalue weighted by molar-refractivity contribution is 0.425. The molecule has 0 fully saturated rings. The van der Waals surface area contributed by atoms with Crippen LogP contribution in [0, 0.1) is 0 Å². The normalized spacial score (nSPS) is 11.3. The number of rotatable bonds is 6. The van der Waals surface area contributed by atoms with Gasteiger partial charge in [0, 0.05) is 12.0 Å². The Bertz CT molecular complexity index is 1080. The summed E-state index contributed by atoms with van der Waals surface area (Å²) in [5, 5.41) is 27.8. The Labute approximate surface area is 161 Å². The maximum Gasteiger partial charge on any atom is 0.333 e. The number of hydrogen-bond acceptors (Lipinski definition) is 6. The van der Waals surface area contributed by atoms with Crippen molar-refractivity contribution in [3.8, 4) is 28.5 Å². The molecule has 0 aliphatic carbocycles. The number of allylic oxidation sites excluding steroid dienone is 2. The summed E-state index contributed by atoms with van der Waals surface area (Å²) in [5.41, 5.74) is 4.13. The number of aromatic hydroxyl groups is 1. The fourth-order valence-corrected chi connectivity index (χ4v) is 3.04. The lowest BCUT2D eigenvalue weighted by Crippen LogP contribution is -2.05. The van der Waals surface area contributed by atoms with Gasteiger partial charge in [-0.15, -0.1) is 10.2 Å². The molecule has 8 nitrogen and oxygen atoms in total. The van der Waals surface area contributed by atoms with Gasteiger partial charge < -0.3 is 5.11 Å². The van der Waals surface area contributed by atoms with Gasteiger partial charge in [-0.3, -0.25) is 0 Å². The number of H-pyrrole nitrogens is 1. The zero-order valence-corrected chi connectivity index (χ0v) is 15.3. The first-order valence-electron chi connectivity index (χ1n) is 8.91. The predicted molar refractivity (Wildman–Crippen MR) is 104 cm³/mol. The van der Waals surface area contributed by atoms with E-state index in [1.807, 2.05) is 43.3 Å². The number of nitrogens with zero attached hydrogens (tertiary/aromatic N) is 6. The highest BCUT2D eigenvalue weighted by atomic mass is 16.3. The lowest BCUT2D eigenvalue weighted by atomic mass is 9.98. The third kappa shape index (κ3) is 3.66. The van der Waals surface area contributed by atoms with Crippen LogP contribution in [0.4, 0.5) is 0 Å². The zero-order valence-electron chi connectivity index (χ0n) is 15.3. The van der Waals surface area contributed by atoms with Gasteiger partial charge in [-0.1, -0.05) is 60.7 Å². The number of aromatic amines is 1. The van der Waals surface area contributed by atoms with E-state index in [9.17, 15) is 5.11 Å². The first-order chi connectivity index (χ1) is 13.7. The average molecular weight is 373 g/mol. The van der Waals surface area contributed by atoms with Crippen LogP contribution in [-0.2, 0) is 13.0 Å². The highest BCUT2D eigenvalue weighted by molar-refractivity contribution is 5.80. The van der Waals surface area contributed by atoms with Gasteiger partial charge in [0.1, 0.15) is 5.82 Å². The molecule has 0 aliphatic heterocycles. The summed E-state index contributed by atoms with van der Waals surface area (Å²) in [6, 6.07) is 16.0. The molecule has 4 aromatic rings. The molecule has 0 saturated heterocycles. The predicted octanol–water partition coefficient (Wildman–Crippen LogP) is 3.00. The van der Waals surface area contributed by atoms with Crippen LogP contribution < -0.4 is 0 Å². The molecule has 8 heteroatoms. The van der Waals surface area contributed by atoms with Crippen LogP contribution in [0.2, 0.25) is 0 Å². The minimum atomic E-state index is -0.203. The van der Waals surface area contributed by atoms with Gasteiger partial charge in [0.2, 0.25) is 0 Å². The van der Waals surface area contributed by atoms with E-state index in [-0.39, 0.29) is 6.01 Å². The molecule has 2 heterocycles. The van der Waals surface area contributed by atoms with Crippen molar-refractivity contribution >= 4 is 0 Å². The molecule has 2 aromatic carbocycles. The van der Waals surface area contributed by atoms with Crippen molar-refractivity contribution in [2.45, 2.75) is 19.9 Å². The van der Waals surface area contributed by atoms with E-state index < -0.39 is 0 Å². The molecule has 0 amide bonds. The fourth-order valence-electron chi connectivity index (χ4n) is 3.04. The summed E-state index contributed by atoms with van der Waals surface area (Å²) < 4.78 is 1.70. The van der Waals surface area contributed by atoms with Crippen molar-refractivity contribution < 1.29 is 5.11 Å². The molecule has 28 heavy (non-hydrogen) atoms. The van der Waals surface area contributed by atoms with Crippen molar-refractivity contribution in [2.75, 3.05) is 0 Å². The Morgan fingerprint density at radius 2 is 1.86 bits per heavy atom. The van der Waals surface area contributed by atoms with Gasteiger partial charge in [-0.25, -0.2) is 9.78 Å². The molecule has 0 saturated carbocycles. The van der Waals surface area contributed by atoms with Crippen molar-refractivity contribution in [2.24, 2.45) is 0 Å². The fraction of sp³-hybridized carbons (Fsp3) is 0.150. The van der Waals surface area contributed by atoms with E-state index in [1.54, 1.807) is 4.68 Å². The molecule has 0 unspecified atom stereocenters. The second-order valence-electron chi connectivity index (χ2n) is 6.25. The van der Waals surface area contributed by atoms with Gasteiger partial charge >= 0.3 is 6.01 Å². The smallest absolute Gasteiger partial charge is 0.333 e. The van der Waals surface area contributed by atoms with Crippen LogP contribution in [0.1, 0.15) is 18.3 Å². The van der Waals surface area contributed by atoms with Crippen LogP contribution in [0.5, 0.6) is 6.01 Å². The molecule has 0 atom stereocenters. The van der Waals surface area contributed by atoms with E-state index in [4.69, 9.17) is 0 Å². The Morgan fingerprint density at radius 3 is 2.57 bits per heavy atom. The highest BCUT2D eigenvalue weighted by Crippen LogP contribution is 2.29. The lowest BCUT2D eigenvalue weighted by Gasteiger charge is -2.08.